The fraction of sp³-hybridized carbons (Fsp3) is 0.462. The van der Waals surface area contributed by atoms with Crippen molar-refractivity contribution >= 4 is 27.5 Å². The summed E-state index contributed by atoms with van der Waals surface area (Å²) in [6, 6.07) is 5.53. The van der Waals surface area contributed by atoms with E-state index in [-0.39, 0.29) is 12.5 Å². The first-order valence-corrected chi connectivity index (χ1v) is 6.72. The van der Waals surface area contributed by atoms with Gasteiger partial charge in [-0.1, -0.05) is 6.07 Å². The number of aliphatic hydroxyl groups is 1. The largest absolute Gasteiger partial charge is 0.394 e. The summed E-state index contributed by atoms with van der Waals surface area (Å²) < 4.78 is 0.957. The first-order valence-electron chi connectivity index (χ1n) is 5.93. The summed E-state index contributed by atoms with van der Waals surface area (Å²) in [6.07, 6.45) is 0. The van der Waals surface area contributed by atoms with Gasteiger partial charge < -0.3 is 14.9 Å². The predicted octanol–water partition coefficient (Wildman–Crippen LogP) is 1.40. The van der Waals surface area contributed by atoms with Gasteiger partial charge in [-0.2, -0.15) is 0 Å². The Hall–Kier alpha value is -1.07. The highest BCUT2D eigenvalue weighted by atomic mass is 79.9. The smallest absolute Gasteiger partial charge is 0.247 e. The number of carbonyl (C=O) groups excluding carboxylic acids is 1. The van der Waals surface area contributed by atoms with Crippen LogP contribution in [0.5, 0.6) is 0 Å². The van der Waals surface area contributed by atoms with E-state index in [0.717, 1.165) is 22.3 Å². The van der Waals surface area contributed by atoms with Gasteiger partial charge in [0.1, 0.15) is 6.04 Å². The second-order valence-corrected chi connectivity index (χ2v) is 5.46. The van der Waals surface area contributed by atoms with Crippen molar-refractivity contribution in [1.82, 2.24) is 4.90 Å². The van der Waals surface area contributed by atoms with E-state index in [9.17, 15) is 9.90 Å². The summed E-state index contributed by atoms with van der Waals surface area (Å²) in [7, 11) is 1.77. The summed E-state index contributed by atoms with van der Waals surface area (Å²) in [5.41, 5.74) is 2.12. The van der Waals surface area contributed by atoms with E-state index in [1.54, 1.807) is 11.9 Å². The number of piperazine rings is 1. The monoisotopic (exact) mass is 312 g/mol. The SMILES string of the molecule is Cc1ccc(N2CCN(C)C(=O)C2CO)c(Br)c1. The fourth-order valence-electron chi connectivity index (χ4n) is 2.22. The number of hydrogen-bond acceptors (Lipinski definition) is 3. The molecule has 1 atom stereocenters. The Morgan fingerprint density at radius 2 is 2.17 bits per heavy atom. The second kappa shape index (κ2) is 5.28. The van der Waals surface area contributed by atoms with E-state index in [4.69, 9.17) is 0 Å². The van der Waals surface area contributed by atoms with E-state index >= 15 is 0 Å². The third kappa shape index (κ3) is 2.37. The minimum atomic E-state index is -0.484. The molecule has 18 heavy (non-hydrogen) atoms. The third-order valence-electron chi connectivity index (χ3n) is 3.30. The highest BCUT2D eigenvalue weighted by Gasteiger charge is 2.33. The van der Waals surface area contributed by atoms with Crippen LogP contribution in [0.15, 0.2) is 22.7 Å². The average molecular weight is 313 g/mol. The van der Waals surface area contributed by atoms with Crippen LogP contribution in [-0.4, -0.2) is 48.7 Å². The number of likely N-dealkylation sites (N-methyl/N-ethyl adjacent to an activating group) is 1. The molecule has 1 aliphatic heterocycles. The van der Waals surface area contributed by atoms with Crippen molar-refractivity contribution in [3.63, 3.8) is 0 Å². The van der Waals surface area contributed by atoms with Gasteiger partial charge in [0.15, 0.2) is 0 Å². The summed E-state index contributed by atoms with van der Waals surface area (Å²) in [5, 5.41) is 9.45. The van der Waals surface area contributed by atoms with Crippen LogP contribution in [-0.2, 0) is 4.79 Å². The molecule has 1 heterocycles. The Bertz CT molecular complexity index is 464. The van der Waals surface area contributed by atoms with E-state index < -0.39 is 6.04 Å². The zero-order valence-electron chi connectivity index (χ0n) is 10.6. The molecule has 0 spiro atoms. The summed E-state index contributed by atoms with van der Waals surface area (Å²) in [5.74, 6) is -0.0313. The molecule has 0 radical (unpaired) electrons. The molecule has 1 fully saturated rings. The van der Waals surface area contributed by atoms with Crippen molar-refractivity contribution in [3.05, 3.63) is 28.2 Å². The Morgan fingerprint density at radius 3 is 2.78 bits per heavy atom. The molecule has 0 aliphatic carbocycles. The van der Waals surface area contributed by atoms with Gasteiger partial charge in [0.2, 0.25) is 5.91 Å². The molecular formula is C13H17BrN2O2. The lowest BCUT2D eigenvalue weighted by Gasteiger charge is -2.40. The molecule has 1 saturated heterocycles. The molecule has 0 aromatic heterocycles. The molecular weight excluding hydrogens is 296 g/mol. The van der Waals surface area contributed by atoms with E-state index in [2.05, 4.69) is 15.9 Å². The van der Waals surface area contributed by atoms with Crippen LogP contribution >= 0.6 is 15.9 Å². The molecule has 1 N–H and O–H groups in total. The molecule has 5 heteroatoms. The molecule has 2 rings (SSSR count). The minimum Gasteiger partial charge on any atom is -0.394 e. The molecule has 1 aliphatic rings. The van der Waals surface area contributed by atoms with Gasteiger partial charge in [-0.3, -0.25) is 4.79 Å². The van der Waals surface area contributed by atoms with Gasteiger partial charge in [0, 0.05) is 24.6 Å². The quantitative estimate of drug-likeness (QED) is 0.897. The highest BCUT2D eigenvalue weighted by Crippen LogP contribution is 2.30. The third-order valence-corrected chi connectivity index (χ3v) is 3.93. The van der Waals surface area contributed by atoms with Crippen molar-refractivity contribution in [2.75, 3.05) is 31.6 Å². The van der Waals surface area contributed by atoms with Crippen LogP contribution < -0.4 is 4.90 Å². The van der Waals surface area contributed by atoms with Crippen molar-refractivity contribution in [2.45, 2.75) is 13.0 Å². The maximum Gasteiger partial charge on any atom is 0.247 e. The Balaban J connectivity index is 2.34. The first kappa shape index (κ1) is 13.4. The molecule has 0 saturated carbocycles. The van der Waals surface area contributed by atoms with E-state index in [1.165, 1.54) is 0 Å². The molecule has 4 nitrogen and oxygen atoms in total. The Morgan fingerprint density at radius 1 is 1.44 bits per heavy atom. The van der Waals surface area contributed by atoms with Crippen LogP contribution in [0.25, 0.3) is 0 Å². The molecule has 1 amide bonds. The lowest BCUT2D eigenvalue weighted by Crippen LogP contribution is -2.57. The number of aryl methyl sites for hydroxylation is 1. The highest BCUT2D eigenvalue weighted by molar-refractivity contribution is 9.10. The van der Waals surface area contributed by atoms with Crippen molar-refractivity contribution in [3.8, 4) is 0 Å². The van der Waals surface area contributed by atoms with E-state index in [1.807, 2.05) is 30.0 Å². The topological polar surface area (TPSA) is 43.8 Å². The second-order valence-electron chi connectivity index (χ2n) is 4.61. The van der Waals surface area contributed by atoms with Crippen LogP contribution in [0.1, 0.15) is 5.56 Å². The predicted molar refractivity (Wildman–Crippen MR) is 74.7 cm³/mol. The van der Waals surface area contributed by atoms with Crippen molar-refractivity contribution < 1.29 is 9.90 Å². The molecule has 1 aromatic carbocycles. The molecule has 0 bridgehead atoms. The number of carbonyl (C=O) groups is 1. The number of aliphatic hydroxyl groups excluding tert-OH is 1. The van der Waals surface area contributed by atoms with Crippen molar-refractivity contribution in [2.24, 2.45) is 0 Å². The number of halogens is 1. The lowest BCUT2D eigenvalue weighted by atomic mass is 10.1. The standard InChI is InChI=1S/C13H17BrN2O2/c1-9-3-4-11(10(14)7-9)16-6-5-15(2)13(18)12(16)8-17/h3-4,7,12,17H,5-6,8H2,1-2H3. The van der Waals surface area contributed by atoms with Gasteiger partial charge in [-0.05, 0) is 40.5 Å². The van der Waals surface area contributed by atoms with Gasteiger partial charge in [-0.25, -0.2) is 0 Å². The van der Waals surface area contributed by atoms with Crippen LogP contribution in [0.2, 0.25) is 0 Å². The summed E-state index contributed by atoms with van der Waals surface area (Å²) >= 11 is 3.53. The Labute approximate surface area is 115 Å². The van der Waals surface area contributed by atoms with Crippen LogP contribution in [0.4, 0.5) is 5.69 Å². The zero-order valence-corrected chi connectivity index (χ0v) is 12.1. The maximum absolute atomic E-state index is 12.0. The van der Waals surface area contributed by atoms with Gasteiger partial charge in [-0.15, -0.1) is 0 Å². The number of benzene rings is 1. The normalized spacial score (nSPS) is 20.4. The minimum absolute atomic E-state index is 0.0313. The summed E-state index contributed by atoms with van der Waals surface area (Å²) in [4.78, 5) is 15.7. The molecule has 1 unspecified atom stereocenters. The molecule has 98 valence electrons. The van der Waals surface area contributed by atoms with Gasteiger partial charge >= 0.3 is 0 Å². The number of rotatable bonds is 2. The van der Waals surface area contributed by atoms with Crippen LogP contribution in [0, 0.1) is 6.92 Å². The number of anilines is 1. The van der Waals surface area contributed by atoms with Crippen molar-refractivity contribution in [1.29, 1.82) is 0 Å². The van der Waals surface area contributed by atoms with Gasteiger partial charge in [0.05, 0.1) is 12.3 Å². The van der Waals surface area contributed by atoms with Gasteiger partial charge in [0.25, 0.3) is 0 Å². The number of amides is 1. The summed E-state index contributed by atoms with van der Waals surface area (Å²) in [6.45, 7) is 3.27. The lowest BCUT2D eigenvalue weighted by molar-refractivity contribution is -0.133. The molecule has 1 aromatic rings. The first-order chi connectivity index (χ1) is 8.54. The van der Waals surface area contributed by atoms with Crippen LogP contribution in [0.3, 0.4) is 0 Å². The fourth-order valence-corrected chi connectivity index (χ4v) is 2.94. The Kier molecular flexibility index (Phi) is 3.92. The number of hydrogen-bond donors (Lipinski definition) is 1. The number of nitrogens with zero attached hydrogens (tertiary/aromatic N) is 2. The maximum atomic E-state index is 12.0. The van der Waals surface area contributed by atoms with E-state index in [0.29, 0.717) is 6.54 Å². The zero-order chi connectivity index (χ0) is 13.3. The average Bonchev–Trinajstić information content (AvgIpc) is 2.33.